The number of hydrogen-bond donors (Lipinski definition) is 1. The molecule has 28 heavy (non-hydrogen) atoms. The van der Waals surface area contributed by atoms with Gasteiger partial charge in [-0.1, -0.05) is 43.6 Å². The Morgan fingerprint density at radius 2 is 2.04 bits per heavy atom. The van der Waals surface area contributed by atoms with Crippen molar-refractivity contribution in [2.45, 2.75) is 59.3 Å². The van der Waals surface area contributed by atoms with Crippen LogP contribution >= 0.6 is 0 Å². The van der Waals surface area contributed by atoms with Crippen molar-refractivity contribution >= 4 is 11.3 Å². The van der Waals surface area contributed by atoms with Crippen molar-refractivity contribution in [3.63, 3.8) is 0 Å². The molecule has 0 radical (unpaired) electrons. The highest BCUT2D eigenvalue weighted by atomic mass is 16.4. The predicted octanol–water partition coefficient (Wildman–Crippen LogP) is 6.11. The van der Waals surface area contributed by atoms with E-state index in [0.29, 0.717) is 5.92 Å². The molecule has 6 unspecified atom stereocenters. The van der Waals surface area contributed by atoms with Crippen LogP contribution in [0.2, 0.25) is 0 Å². The first-order chi connectivity index (χ1) is 13.5. The standard InChI is InChI=1S/C25H32N2O/c1-16-13-19-21-7-6-20(17-5-4-12-26-15-17)24(21,2)11-9-22(19)25(3)10-8-18(27-28)14-23(16)25/h4-6,12,14-16,19,21-22,28H,7-11,13H2,1-3H3/b27-18+. The molecule has 1 N–H and O–H groups in total. The van der Waals surface area contributed by atoms with E-state index in [9.17, 15) is 5.21 Å². The molecule has 0 bridgehead atoms. The quantitative estimate of drug-likeness (QED) is 0.474. The van der Waals surface area contributed by atoms with Gasteiger partial charge in [0.1, 0.15) is 0 Å². The summed E-state index contributed by atoms with van der Waals surface area (Å²) in [6.45, 7) is 7.43. The second kappa shape index (κ2) is 6.30. The highest BCUT2D eigenvalue weighted by Gasteiger charge is 2.58. The van der Waals surface area contributed by atoms with Crippen LogP contribution in [0.3, 0.4) is 0 Å². The number of rotatable bonds is 1. The lowest BCUT2D eigenvalue weighted by molar-refractivity contribution is -0.0319. The Hall–Kier alpha value is -1.90. The maximum absolute atomic E-state index is 9.31. The van der Waals surface area contributed by atoms with Crippen molar-refractivity contribution in [2.75, 3.05) is 0 Å². The Morgan fingerprint density at radius 3 is 2.79 bits per heavy atom. The molecule has 3 heteroatoms. The summed E-state index contributed by atoms with van der Waals surface area (Å²) >= 11 is 0. The average Bonchev–Trinajstić information content (AvgIpc) is 3.06. The van der Waals surface area contributed by atoms with Crippen molar-refractivity contribution in [3.8, 4) is 0 Å². The lowest BCUT2D eigenvalue weighted by Gasteiger charge is -2.59. The molecular weight excluding hydrogens is 344 g/mol. The summed E-state index contributed by atoms with van der Waals surface area (Å²) in [7, 11) is 0. The summed E-state index contributed by atoms with van der Waals surface area (Å²) < 4.78 is 0. The summed E-state index contributed by atoms with van der Waals surface area (Å²) in [5.74, 6) is 2.87. The molecule has 1 aromatic heterocycles. The van der Waals surface area contributed by atoms with Crippen molar-refractivity contribution in [1.82, 2.24) is 4.98 Å². The molecule has 0 aliphatic heterocycles. The van der Waals surface area contributed by atoms with Crippen LogP contribution in [0.5, 0.6) is 0 Å². The second-order valence-electron chi connectivity index (χ2n) is 10.2. The minimum atomic E-state index is 0.273. The van der Waals surface area contributed by atoms with Gasteiger partial charge in [-0.3, -0.25) is 4.98 Å². The predicted molar refractivity (Wildman–Crippen MR) is 113 cm³/mol. The number of allylic oxidation sites excluding steroid dienone is 4. The van der Waals surface area contributed by atoms with Gasteiger partial charge in [0.05, 0.1) is 5.71 Å². The molecule has 0 saturated heterocycles. The summed E-state index contributed by atoms with van der Waals surface area (Å²) in [6, 6.07) is 4.31. The van der Waals surface area contributed by atoms with E-state index in [1.165, 1.54) is 31.2 Å². The average molecular weight is 377 g/mol. The van der Waals surface area contributed by atoms with Gasteiger partial charge in [-0.05, 0) is 96.3 Å². The van der Waals surface area contributed by atoms with Crippen LogP contribution in [0.1, 0.15) is 64.9 Å². The Bertz CT molecular complexity index is 870. The minimum Gasteiger partial charge on any atom is -0.411 e. The maximum Gasteiger partial charge on any atom is 0.0795 e. The Balaban J connectivity index is 1.50. The molecule has 2 saturated carbocycles. The third-order valence-electron chi connectivity index (χ3n) is 8.98. The zero-order valence-electron chi connectivity index (χ0n) is 17.4. The normalized spacial score (nSPS) is 43.6. The van der Waals surface area contributed by atoms with Crippen molar-refractivity contribution < 1.29 is 5.21 Å². The van der Waals surface area contributed by atoms with Crippen LogP contribution < -0.4 is 0 Å². The van der Waals surface area contributed by atoms with Gasteiger partial charge in [0.25, 0.3) is 0 Å². The fraction of sp³-hybridized carbons (Fsp3) is 0.600. The van der Waals surface area contributed by atoms with E-state index < -0.39 is 0 Å². The number of aromatic nitrogens is 1. The molecule has 1 aromatic rings. The lowest BCUT2D eigenvalue weighted by atomic mass is 9.45. The van der Waals surface area contributed by atoms with Crippen LogP contribution in [0.15, 0.2) is 47.4 Å². The van der Waals surface area contributed by atoms with E-state index in [4.69, 9.17) is 0 Å². The van der Waals surface area contributed by atoms with Crippen LogP contribution in [-0.4, -0.2) is 15.9 Å². The topological polar surface area (TPSA) is 45.5 Å². The fourth-order valence-corrected chi connectivity index (χ4v) is 7.61. The third-order valence-corrected chi connectivity index (χ3v) is 8.98. The van der Waals surface area contributed by atoms with E-state index in [1.54, 1.807) is 11.1 Å². The largest absolute Gasteiger partial charge is 0.411 e. The molecule has 4 aliphatic rings. The second-order valence-corrected chi connectivity index (χ2v) is 10.2. The first kappa shape index (κ1) is 18.1. The Kier molecular flexibility index (Phi) is 4.08. The first-order valence-electron chi connectivity index (χ1n) is 11.0. The SMILES string of the molecule is CC1CC2C3CC=C(c4cccnc4)C3(C)CCC2C2(C)CC/C(=N\O)C=C12. The number of pyridine rings is 1. The van der Waals surface area contributed by atoms with Gasteiger partial charge in [-0.2, -0.15) is 0 Å². The van der Waals surface area contributed by atoms with Crippen LogP contribution in [0, 0.1) is 34.5 Å². The molecule has 6 atom stereocenters. The third kappa shape index (κ3) is 2.41. The van der Waals surface area contributed by atoms with E-state index >= 15 is 0 Å². The van der Waals surface area contributed by atoms with Gasteiger partial charge in [-0.15, -0.1) is 0 Å². The van der Waals surface area contributed by atoms with Crippen LogP contribution in [-0.2, 0) is 0 Å². The summed E-state index contributed by atoms with van der Waals surface area (Å²) in [4.78, 5) is 4.39. The van der Waals surface area contributed by atoms with Gasteiger partial charge in [-0.25, -0.2) is 0 Å². The molecule has 0 amide bonds. The van der Waals surface area contributed by atoms with Crippen LogP contribution in [0.25, 0.3) is 5.57 Å². The number of hydrogen-bond acceptors (Lipinski definition) is 3. The Morgan fingerprint density at radius 1 is 1.18 bits per heavy atom. The van der Waals surface area contributed by atoms with Gasteiger partial charge in [0.2, 0.25) is 0 Å². The van der Waals surface area contributed by atoms with Crippen molar-refractivity contribution in [2.24, 2.45) is 39.7 Å². The lowest BCUT2D eigenvalue weighted by Crippen LogP contribution is -2.51. The monoisotopic (exact) mass is 376 g/mol. The zero-order valence-corrected chi connectivity index (χ0v) is 17.4. The molecule has 1 heterocycles. The summed E-state index contributed by atoms with van der Waals surface area (Å²) in [5, 5.41) is 12.9. The van der Waals surface area contributed by atoms with Gasteiger partial charge in [0, 0.05) is 12.4 Å². The molecule has 0 spiro atoms. The van der Waals surface area contributed by atoms with E-state index in [1.807, 2.05) is 12.4 Å². The molecule has 4 aliphatic carbocycles. The number of fused-ring (bicyclic) bond motifs is 5. The number of oxime groups is 1. The summed E-state index contributed by atoms with van der Waals surface area (Å²) in [5.41, 5.74) is 5.85. The Labute approximate surface area is 168 Å². The highest BCUT2D eigenvalue weighted by molar-refractivity contribution is 5.96. The maximum atomic E-state index is 9.31. The molecule has 2 fully saturated rings. The number of nitrogens with zero attached hydrogens (tertiary/aromatic N) is 2. The van der Waals surface area contributed by atoms with Crippen LogP contribution in [0.4, 0.5) is 0 Å². The summed E-state index contributed by atoms with van der Waals surface area (Å²) in [6.07, 6.45) is 15.8. The first-order valence-corrected chi connectivity index (χ1v) is 11.0. The molecule has 5 rings (SSSR count). The van der Waals surface area contributed by atoms with E-state index in [2.05, 4.69) is 55.2 Å². The molecule has 0 aromatic carbocycles. The van der Waals surface area contributed by atoms with Gasteiger partial charge < -0.3 is 5.21 Å². The van der Waals surface area contributed by atoms with E-state index in [0.717, 1.165) is 36.3 Å². The molecule has 148 valence electrons. The molecule has 3 nitrogen and oxygen atoms in total. The van der Waals surface area contributed by atoms with Crippen molar-refractivity contribution in [3.05, 3.63) is 47.8 Å². The fourth-order valence-electron chi connectivity index (χ4n) is 7.61. The van der Waals surface area contributed by atoms with E-state index in [-0.39, 0.29) is 10.8 Å². The highest BCUT2D eigenvalue weighted by Crippen LogP contribution is 2.67. The minimum absolute atomic E-state index is 0.273. The smallest absolute Gasteiger partial charge is 0.0795 e. The zero-order chi connectivity index (χ0) is 19.5. The molecular formula is C25H32N2O. The van der Waals surface area contributed by atoms with Crippen molar-refractivity contribution in [1.29, 1.82) is 0 Å². The van der Waals surface area contributed by atoms with Gasteiger partial charge >= 0.3 is 0 Å². The van der Waals surface area contributed by atoms with Gasteiger partial charge in [0.15, 0.2) is 0 Å².